The molecule has 0 bridgehead atoms. The third-order valence-corrected chi connectivity index (χ3v) is 4.33. The third-order valence-electron chi connectivity index (χ3n) is 4.33. The van der Waals surface area contributed by atoms with Crippen molar-refractivity contribution in [3.8, 4) is 28.2 Å². The van der Waals surface area contributed by atoms with Crippen molar-refractivity contribution in [1.82, 2.24) is 14.7 Å². The van der Waals surface area contributed by atoms with E-state index in [0.717, 1.165) is 12.1 Å². The van der Waals surface area contributed by atoms with Crippen molar-refractivity contribution in [3.63, 3.8) is 0 Å². The Morgan fingerprint density at radius 3 is 2.07 bits per heavy atom. The summed E-state index contributed by atoms with van der Waals surface area (Å²) in [5.74, 6) is -1.31. The van der Waals surface area contributed by atoms with Crippen LogP contribution >= 0.6 is 0 Å². The molecule has 4 nitrogen and oxygen atoms in total. The van der Waals surface area contributed by atoms with Gasteiger partial charge in [0.05, 0.1) is 23.1 Å². The lowest BCUT2D eigenvalue weighted by molar-refractivity contribution is -0.155. The zero-order valence-electron chi connectivity index (χ0n) is 14.9. The minimum Gasteiger partial charge on any atom is -0.350 e. The van der Waals surface area contributed by atoms with Gasteiger partial charge in [0.25, 0.3) is 0 Å². The first kappa shape index (κ1) is 19.7. The number of aromatic nitrogens is 3. The molecule has 0 fully saturated rings. The summed E-state index contributed by atoms with van der Waals surface area (Å²) in [5.41, 5.74) is -0.609. The zero-order valence-corrected chi connectivity index (χ0v) is 14.9. The zero-order chi connectivity index (χ0) is 21.5. The lowest BCUT2D eigenvalue weighted by atomic mass is 10.0. The molecule has 0 aliphatic carbocycles. The Bertz CT molecular complexity index is 1160. The quantitative estimate of drug-likeness (QED) is 0.367. The van der Waals surface area contributed by atoms with Gasteiger partial charge in [-0.2, -0.15) is 26.3 Å². The molecule has 10 heteroatoms. The van der Waals surface area contributed by atoms with Gasteiger partial charge >= 0.3 is 12.4 Å². The fourth-order valence-corrected chi connectivity index (χ4v) is 2.93. The maximum absolute atomic E-state index is 13.5. The fraction of sp³-hybridized carbons (Fsp3) is 0.100. The van der Waals surface area contributed by atoms with E-state index < -0.39 is 23.7 Å². The van der Waals surface area contributed by atoms with Crippen molar-refractivity contribution >= 4 is 0 Å². The second-order valence-electron chi connectivity index (χ2n) is 6.31. The highest BCUT2D eigenvalue weighted by Gasteiger charge is 2.41. The Kier molecular flexibility index (Phi) is 4.64. The molecule has 2 aromatic heterocycles. The van der Waals surface area contributed by atoms with Gasteiger partial charge in [-0.25, -0.2) is 4.98 Å². The van der Waals surface area contributed by atoms with Crippen molar-refractivity contribution in [3.05, 3.63) is 78.4 Å². The maximum atomic E-state index is 13.5. The Balaban J connectivity index is 1.79. The van der Waals surface area contributed by atoms with Crippen LogP contribution < -0.4 is 0 Å². The summed E-state index contributed by atoms with van der Waals surface area (Å²) in [6.07, 6.45) is -6.82. The van der Waals surface area contributed by atoms with E-state index in [-0.39, 0.29) is 17.0 Å². The number of nitrogens with zero attached hydrogens (tertiary/aromatic N) is 3. The van der Waals surface area contributed by atoms with Gasteiger partial charge in [0, 0.05) is 17.4 Å². The molecule has 0 aliphatic heterocycles. The van der Waals surface area contributed by atoms with E-state index in [1.54, 1.807) is 30.3 Å². The molecular formula is C20H11F6N3O. The number of alkyl halides is 6. The van der Waals surface area contributed by atoms with E-state index in [9.17, 15) is 26.3 Å². The predicted octanol–water partition coefficient (Wildman–Crippen LogP) is 6.23. The number of halogens is 6. The Hall–Kier alpha value is -3.56. The van der Waals surface area contributed by atoms with Crippen molar-refractivity contribution in [2.24, 2.45) is 0 Å². The van der Waals surface area contributed by atoms with Crippen LogP contribution in [0.4, 0.5) is 26.3 Å². The molecule has 0 saturated heterocycles. The van der Waals surface area contributed by atoms with Crippen LogP contribution in [-0.2, 0) is 12.4 Å². The number of imidazole rings is 1. The van der Waals surface area contributed by atoms with E-state index in [1.165, 1.54) is 29.2 Å². The molecule has 0 atom stereocenters. The summed E-state index contributed by atoms with van der Waals surface area (Å²) in [5, 5.41) is 3.58. The first-order chi connectivity index (χ1) is 14.1. The molecule has 2 heterocycles. The van der Waals surface area contributed by atoms with E-state index >= 15 is 0 Å². The van der Waals surface area contributed by atoms with Crippen LogP contribution in [0.5, 0.6) is 0 Å². The summed E-state index contributed by atoms with van der Waals surface area (Å²) in [6, 6.07) is 12.3. The van der Waals surface area contributed by atoms with E-state index in [1.807, 2.05) is 0 Å². The van der Waals surface area contributed by atoms with Crippen LogP contribution in [0.15, 0.2) is 71.6 Å². The van der Waals surface area contributed by atoms with E-state index in [4.69, 9.17) is 0 Å². The van der Waals surface area contributed by atoms with Gasteiger partial charge in [0.15, 0.2) is 0 Å². The second-order valence-corrected chi connectivity index (χ2v) is 6.31. The monoisotopic (exact) mass is 423 g/mol. The fourth-order valence-electron chi connectivity index (χ4n) is 2.93. The highest BCUT2D eigenvalue weighted by molar-refractivity contribution is 5.80. The summed E-state index contributed by atoms with van der Waals surface area (Å²) < 4.78 is 84.5. The first-order valence-corrected chi connectivity index (χ1v) is 8.49. The van der Waals surface area contributed by atoms with Crippen molar-refractivity contribution in [2.75, 3.05) is 0 Å². The molecule has 4 rings (SSSR count). The van der Waals surface area contributed by atoms with Crippen LogP contribution in [0.25, 0.3) is 28.2 Å². The largest absolute Gasteiger partial charge is 0.453 e. The molecule has 0 spiro atoms. The maximum Gasteiger partial charge on any atom is 0.453 e. The molecule has 0 aliphatic rings. The highest BCUT2D eigenvalue weighted by Crippen LogP contribution is 2.42. The molecule has 30 heavy (non-hydrogen) atoms. The van der Waals surface area contributed by atoms with Gasteiger partial charge in [-0.3, -0.25) is 0 Å². The van der Waals surface area contributed by atoms with E-state index in [2.05, 4.69) is 14.7 Å². The Morgan fingerprint density at radius 1 is 0.800 bits per heavy atom. The van der Waals surface area contributed by atoms with Crippen molar-refractivity contribution < 1.29 is 30.9 Å². The van der Waals surface area contributed by atoms with Crippen molar-refractivity contribution in [1.29, 1.82) is 0 Å². The molecule has 0 N–H and O–H groups in total. The van der Waals surface area contributed by atoms with Crippen LogP contribution in [0.1, 0.15) is 11.3 Å². The molecule has 0 unspecified atom stereocenters. The average molecular weight is 423 g/mol. The summed E-state index contributed by atoms with van der Waals surface area (Å²) in [6.45, 7) is 0. The molecule has 0 radical (unpaired) electrons. The molecule has 154 valence electrons. The molecule has 4 aromatic rings. The van der Waals surface area contributed by atoms with Gasteiger partial charge in [0.1, 0.15) is 5.69 Å². The van der Waals surface area contributed by atoms with Gasteiger partial charge in [-0.1, -0.05) is 35.5 Å². The number of hydrogen-bond acceptors (Lipinski definition) is 3. The standard InChI is InChI=1S/C20H11F6N3O/c21-19(22,23)13-6-8-14(9-7-13)29-10-15(27-11-29)16-17(12-4-2-1-3-5-12)28-30-18(16)20(24,25)26/h1-11H. The number of hydrogen-bond donors (Lipinski definition) is 0. The number of rotatable bonds is 3. The summed E-state index contributed by atoms with van der Waals surface area (Å²) >= 11 is 0. The third kappa shape index (κ3) is 3.68. The first-order valence-electron chi connectivity index (χ1n) is 8.49. The summed E-state index contributed by atoms with van der Waals surface area (Å²) in [7, 11) is 0. The molecular weight excluding hydrogens is 412 g/mol. The minimum atomic E-state index is -4.81. The smallest absolute Gasteiger partial charge is 0.350 e. The van der Waals surface area contributed by atoms with E-state index in [0.29, 0.717) is 11.3 Å². The van der Waals surface area contributed by atoms with Crippen LogP contribution in [0, 0.1) is 0 Å². The van der Waals surface area contributed by atoms with Crippen LogP contribution in [0.2, 0.25) is 0 Å². The second kappa shape index (κ2) is 7.05. The molecule has 0 saturated carbocycles. The minimum absolute atomic E-state index is 0.0411. The lowest BCUT2D eigenvalue weighted by Crippen LogP contribution is -2.05. The summed E-state index contributed by atoms with van der Waals surface area (Å²) in [4.78, 5) is 4.01. The Labute approximate surface area is 165 Å². The van der Waals surface area contributed by atoms with Gasteiger partial charge < -0.3 is 9.09 Å². The van der Waals surface area contributed by atoms with Gasteiger partial charge in [0.2, 0.25) is 5.76 Å². The van der Waals surface area contributed by atoms with Gasteiger partial charge in [-0.05, 0) is 24.3 Å². The molecule has 0 amide bonds. The van der Waals surface area contributed by atoms with Crippen LogP contribution in [-0.4, -0.2) is 14.7 Å². The highest BCUT2D eigenvalue weighted by atomic mass is 19.4. The topological polar surface area (TPSA) is 43.9 Å². The van der Waals surface area contributed by atoms with Gasteiger partial charge in [-0.15, -0.1) is 0 Å². The average Bonchev–Trinajstić information content (AvgIpc) is 3.35. The normalized spacial score (nSPS) is 12.3. The lowest BCUT2D eigenvalue weighted by Gasteiger charge is -2.08. The van der Waals surface area contributed by atoms with Crippen molar-refractivity contribution in [2.45, 2.75) is 12.4 Å². The molecule has 2 aromatic carbocycles. The number of benzene rings is 2. The predicted molar refractivity (Wildman–Crippen MR) is 94.5 cm³/mol. The SMILES string of the molecule is FC(F)(F)c1ccc(-n2cnc(-c3c(-c4ccccc4)noc3C(F)(F)F)c2)cc1. The Morgan fingerprint density at radius 2 is 1.47 bits per heavy atom. The van der Waals surface area contributed by atoms with Crippen LogP contribution in [0.3, 0.4) is 0 Å².